The van der Waals surface area contributed by atoms with E-state index in [9.17, 15) is 4.79 Å². The van der Waals surface area contributed by atoms with Crippen LogP contribution in [0.1, 0.15) is 41.8 Å². The average molecular weight is 303 g/mol. The van der Waals surface area contributed by atoms with Gasteiger partial charge in [-0.1, -0.05) is 32.9 Å². The topological polar surface area (TPSA) is 59.2 Å². The summed E-state index contributed by atoms with van der Waals surface area (Å²) in [6, 6.07) is 8.06. The van der Waals surface area contributed by atoms with Gasteiger partial charge in [0.15, 0.2) is 0 Å². The second-order valence-corrected chi connectivity index (χ2v) is 6.93. The Bertz CT molecular complexity index is 626. The zero-order valence-electron chi connectivity index (χ0n) is 12.9. The Labute approximate surface area is 129 Å². The van der Waals surface area contributed by atoms with E-state index in [0.29, 0.717) is 12.2 Å². The average Bonchev–Trinajstić information content (AvgIpc) is 2.94. The Morgan fingerprint density at radius 2 is 1.90 bits per heavy atom. The SMILES string of the molecule is CN(C(=O)c1csc(CN)n1)c1ccc(C(C)(C)C)cc1. The van der Waals surface area contributed by atoms with Crippen LogP contribution in [0, 0.1) is 0 Å². The van der Waals surface area contributed by atoms with Crippen LogP contribution < -0.4 is 10.6 Å². The van der Waals surface area contributed by atoms with E-state index in [1.807, 2.05) is 12.1 Å². The van der Waals surface area contributed by atoms with Crippen molar-refractivity contribution in [2.75, 3.05) is 11.9 Å². The minimum Gasteiger partial charge on any atom is -0.325 e. The number of hydrogen-bond acceptors (Lipinski definition) is 4. The molecule has 112 valence electrons. The summed E-state index contributed by atoms with van der Waals surface area (Å²) >= 11 is 1.41. The summed E-state index contributed by atoms with van der Waals surface area (Å²) in [5.41, 5.74) is 8.18. The van der Waals surface area contributed by atoms with Gasteiger partial charge in [0, 0.05) is 24.7 Å². The van der Waals surface area contributed by atoms with Crippen molar-refractivity contribution in [2.45, 2.75) is 32.7 Å². The molecule has 0 saturated carbocycles. The van der Waals surface area contributed by atoms with Gasteiger partial charge in [0.1, 0.15) is 10.7 Å². The summed E-state index contributed by atoms with van der Waals surface area (Å²) in [5.74, 6) is -0.116. The maximum absolute atomic E-state index is 12.4. The van der Waals surface area contributed by atoms with Gasteiger partial charge in [-0.15, -0.1) is 11.3 Å². The molecular formula is C16H21N3OS. The van der Waals surface area contributed by atoms with E-state index in [1.54, 1.807) is 17.3 Å². The molecule has 0 aliphatic carbocycles. The summed E-state index contributed by atoms with van der Waals surface area (Å²) in [4.78, 5) is 18.2. The van der Waals surface area contributed by atoms with Crippen molar-refractivity contribution < 1.29 is 4.79 Å². The second kappa shape index (κ2) is 5.95. The molecule has 4 nitrogen and oxygen atoms in total. The summed E-state index contributed by atoms with van der Waals surface area (Å²) in [5, 5.41) is 2.53. The van der Waals surface area contributed by atoms with Crippen molar-refractivity contribution in [3.8, 4) is 0 Å². The fourth-order valence-corrected chi connectivity index (χ4v) is 2.63. The van der Waals surface area contributed by atoms with Gasteiger partial charge < -0.3 is 10.6 Å². The summed E-state index contributed by atoms with van der Waals surface area (Å²) in [6.07, 6.45) is 0. The number of aromatic nitrogens is 1. The van der Waals surface area contributed by atoms with Crippen molar-refractivity contribution in [3.05, 3.63) is 45.9 Å². The molecule has 1 amide bonds. The third-order valence-electron chi connectivity index (χ3n) is 3.37. The number of anilines is 1. The zero-order chi connectivity index (χ0) is 15.6. The van der Waals surface area contributed by atoms with Crippen LogP contribution in [-0.4, -0.2) is 17.9 Å². The Balaban J connectivity index is 2.19. The van der Waals surface area contributed by atoms with Gasteiger partial charge >= 0.3 is 0 Å². The van der Waals surface area contributed by atoms with Crippen LogP contribution in [0.2, 0.25) is 0 Å². The first-order valence-corrected chi connectivity index (χ1v) is 7.74. The van der Waals surface area contributed by atoms with Crippen LogP contribution in [0.3, 0.4) is 0 Å². The van der Waals surface area contributed by atoms with Gasteiger partial charge in [0.05, 0.1) is 0 Å². The molecule has 2 rings (SSSR count). The van der Waals surface area contributed by atoms with Crippen LogP contribution in [0.5, 0.6) is 0 Å². The highest BCUT2D eigenvalue weighted by Gasteiger charge is 2.18. The number of hydrogen-bond donors (Lipinski definition) is 1. The second-order valence-electron chi connectivity index (χ2n) is 5.99. The Morgan fingerprint density at radius 3 is 2.38 bits per heavy atom. The van der Waals surface area contributed by atoms with Crippen molar-refractivity contribution >= 4 is 22.9 Å². The summed E-state index contributed by atoms with van der Waals surface area (Å²) in [7, 11) is 1.76. The minimum atomic E-state index is -0.116. The first-order chi connectivity index (χ1) is 9.82. The first kappa shape index (κ1) is 15.7. The van der Waals surface area contributed by atoms with Crippen molar-refractivity contribution in [1.29, 1.82) is 0 Å². The van der Waals surface area contributed by atoms with E-state index in [2.05, 4.69) is 37.9 Å². The number of benzene rings is 1. The van der Waals surface area contributed by atoms with Gasteiger partial charge in [-0.05, 0) is 23.1 Å². The molecule has 0 aliphatic heterocycles. The number of carbonyl (C=O) groups excluding carboxylic acids is 1. The molecule has 0 saturated heterocycles. The molecule has 0 aliphatic rings. The number of nitrogens with two attached hydrogens (primary N) is 1. The molecule has 0 fully saturated rings. The molecule has 21 heavy (non-hydrogen) atoms. The summed E-state index contributed by atoms with van der Waals surface area (Å²) in [6.45, 7) is 6.86. The van der Waals surface area contributed by atoms with E-state index in [1.165, 1.54) is 16.9 Å². The number of nitrogens with zero attached hydrogens (tertiary/aromatic N) is 2. The summed E-state index contributed by atoms with van der Waals surface area (Å²) < 4.78 is 0. The largest absolute Gasteiger partial charge is 0.325 e. The quantitative estimate of drug-likeness (QED) is 0.947. The molecule has 5 heteroatoms. The molecule has 0 atom stereocenters. The van der Waals surface area contributed by atoms with Crippen LogP contribution in [-0.2, 0) is 12.0 Å². The van der Waals surface area contributed by atoms with Crippen molar-refractivity contribution in [3.63, 3.8) is 0 Å². The van der Waals surface area contributed by atoms with Crippen LogP contribution in [0.25, 0.3) is 0 Å². The predicted molar refractivity (Wildman–Crippen MR) is 87.9 cm³/mol. The molecule has 1 heterocycles. The lowest BCUT2D eigenvalue weighted by atomic mass is 9.87. The van der Waals surface area contributed by atoms with Gasteiger partial charge in [0.2, 0.25) is 0 Å². The maximum Gasteiger partial charge on any atom is 0.277 e. The molecule has 0 bridgehead atoms. The molecule has 1 aromatic heterocycles. The van der Waals surface area contributed by atoms with E-state index in [4.69, 9.17) is 5.73 Å². The lowest BCUT2D eigenvalue weighted by molar-refractivity contribution is 0.0989. The van der Waals surface area contributed by atoms with Crippen molar-refractivity contribution in [2.24, 2.45) is 5.73 Å². The van der Waals surface area contributed by atoms with E-state index in [0.717, 1.165) is 10.7 Å². The minimum absolute atomic E-state index is 0.103. The Morgan fingerprint density at radius 1 is 1.29 bits per heavy atom. The highest BCUT2D eigenvalue weighted by atomic mass is 32.1. The molecule has 0 spiro atoms. The predicted octanol–water partition coefficient (Wildman–Crippen LogP) is 3.18. The number of carbonyl (C=O) groups is 1. The fourth-order valence-electron chi connectivity index (χ4n) is 1.98. The van der Waals surface area contributed by atoms with Gasteiger partial charge in [-0.2, -0.15) is 0 Å². The lowest BCUT2D eigenvalue weighted by Gasteiger charge is -2.21. The van der Waals surface area contributed by atoms with Gasteiger partial charge in [0.25, 0.3) is 5.91 Å². The van der Waals surface area contributed by atoms with E-state index < -0.39 is 0 Å². The Hall–Kier alpha value is -1.72. The third kappa shape index (κ3) is 3.49. The van der Waals surface area contributed by atoms with Crippen LogP contribution in [0.15, 0.2) is 29.6 Å². The van der Waals surface area contributed by atoms with Crippen LogP contribution in [0.4, 0.5) is 5.69 Å². The van der Waals surface area contributed by atoms with E-state index in [-0.39, 0.29) is 11.3 Å². The molecular weight excluding hydrogens is 282 g/mol. The van der Waals surface area contributed by atoms with E-state index >= 15 is 0 Å². The normalized spacial score (nSPS) is 11.5. The molecule has 0 radical (unpaired) electrons. The highest BCUT2D eigenvalue weighted by molar-refractivity contribution is 7.09. The fraction of sp³-hybridized carbons (Fsp3) is 0.375. The lowest BCUT2D eigenvalue weighted by Crippen LogP contribution is -2.26. The monoisotopic (exact) mass is 303 g/mol. The number of thiazole rings is 1. The number of amides is 1. The zero-order valence-corrected chi connectivity index (χ0v) is 13.7. The molecule has 0 unspecified atom stereocenters. The number of rotatable bonds is 3. The smallest absolute Gasteiger partial charge is 0.277 e. The molecule has 2 N–H and O–H groups in total. The van der Waals surface area contributed by atoms with Gasteiger partial charge in [-0.25, -0.2) is 4.98 Å². The standard InChI is InChI=1S/C16H21N3OS/c1-16(2,3)11-5-7-12(8-6-11)19(4)15(20)13-10-21-14(9-17)18-13/h5-8,10H,9,17H2,1-4H3. The Kier molecular flexibility index (Phi) is 4.44. The molecule has 2 aromatic rings. The first-order valence-electron chi connectivity index (χ1n) is 6.86. The highest BCUT2D eigenvalue weighted by Crippen LogP contribution is 2.25. The molecule has 1 aromatic carbocycles. The van der Waals surface area contributed by atoms with Crippen molar-refractivity contribution in [1.82, 2.24) is 4.98 Å². The maximum atomic E-state index is 12.4. The van der Waals surface area contributed by atoms with Gasteiger partial charge in [-0.3, -0.25) is 4.79 Å². The van der Waals surface area contributed by atoms with Crippen LogP contribution >= 0.6 is 11.3 Å². The third-order valence-corrected chi connectivity index (χ3v) is 4.24.